The second-order valence-electron chi connectivity index (χ2n) is 7.38. The van der Waals surface area contributed by atoms with Crippen LogP contribution in [0, 0.1) is 16.0 Å². The van der Waals surface area contributed by atoms with E-state index in [-0.39, 0.29) is 17.9 Å². The van der Waals surface area contributed by atoms with Gasteiger partial charge in [0.25, 0.3) is 5.69 Å². The molecular weight excluding hydrogens is 388 g/mol. The van der Waals surface area contributed by atoms with Crippen LogP contribution < -0.4 is 14.4 Å². The van der Waals surface area contributed by atoms with Crippen molar-refractivity contribution >= 4 is 17.3 Å². The molecule has 0 aliphatic carbocycles. The first-order valence-corrected chi connectivity index (χ1v) is 9.85. The number of nitro benzene ring substituents is 1. The van der Waals surface area contributed by atoms with Crippen molar-refractivity contribution in [3.05, 3.63) is 57.6 Å². The molecule has 160 valence electrons. The lowest BCUT2D eigenvalue weighted by Gasteiger charge is -2.32. The van der Waals surface area contributed by atoms with Gasteiger partial charge in [0, 0.05) is 24.7 Å². The van der Waals surface area contributed by atoms with Crippen LogP contribution in [0.15, 0.2) is 36.4 Å². The fourth-order valence-corrected chi connectivity index (χ4v) is 3.77. The summed E-state index contributed by atoms with van der Waals surface area (Å²) in [5.41, 5.74) is 1.23. The largest absolute Gasteiger partial charge is 0.493 e. The fraction of sp³-hybridized carbons (Fsp3) is 0.409. The number of hydrogen-bond acceptors (Lipinski definition) is 7. The zero-order chi connectivity index (χ0) is 21.7. The first-order valence-electron chi connectivity index (χ1n) is 9.85. The molecule has 1 aliphatic rings. The number of benzene rings is 2. The van der Waals surface area contributed by atoms with Crippen molar-refractivity contribution in [1.29, 1.82) is 0 Å². The Morgan fingerprint density at radius 2 is 2.03 bits per heavy atom. The molecule has 0 aromatic heterocycles. The number of esters is 1. The molecule has 0 unspecified atom stereocenters. The fourth-order valence-electron chi connectivity index (χ4n) is 3.77. The van der Waals surface area contributed by atoms with E-state index in [9.17, 15) is 14.9 Å². The Kier molecular flexibility index (Phi) is 6.76. The predicted octanol–water partition coefficient (Wildman–Crippen LogP) is 4.21. The summed E-state index contributed by atoms with van der Waals surface area (Å²) < 4.78 is 16.0. The molecule has 1 fully saturated rings. The highest BCUT2D eigenvalue weighted by Crippen LogP contribution is 2.34. The maximum absolute atomic E-state index is 12.6. The summed E-state index contributed by atoms with van der Waals surface area (Å²) in [6, 6.07) is 9.78. The lowest BCUT2D eigenvalue weighted by atomic mass is 9.99. The zero-order valence-corrected chi connectivity index (χ0v) is 17.4. The molecule has 0 radical (unpaired) electrons. The molecule has 0 amide bonds. The van der Waals surface area contributed by atoms with Gasteiger partial charge in [-0.15, -0.1) is 0 Å². The van der Waals surface area contributed by atoms with Crippen molar-refractivity contribution < 1.29 is 23.9 Å². The summed E-state index contributed by atoms with van der Waals surface area (Å²) >= 11 is 0. The van der Waals surface area contributed by atoms with Gasteiger partial charge in [-0.1, -0.05) is 19.1 Å². The number of hydrogen-bond donors (Lipinski definition) is 0. The van der Waals surface area contributed by atoms with Crippen molar-refractivity contribution in [2.75, 3.05) is 32.2 Å². The van der Waals surface area contributed by atoms with Gasteiger partial charge in [-0.25, -0.2) is 4.79 Å². The van der Waals surface area contributed by atoms with Crippen LogP contribution >= 0.6 is 0 Å². The van der Waals surface area contributed by atoms with Crippen LogP contribution in [0.3, 0.4) is 0 Å². The van der Waals surface area contributed by atoms with Gasteiger partial charge in [-0.05, 0) is 37.0 Å². The quantitative estimate of drug-likeness (QED) is 0.381. The van der Waals surface area contributed by atoms with Gasteiger partial charge in [0.15, 0.2) is 11.5 Å². The van der Waals surface area contributed by atoms with Crippen molar-refractivity contribution in [3.8, 4) is 11.5 Å². The molecular formula is C22H26N2O6. The summed E-state index contributed by atoms with van der Waals surface area (Å²) in [5, 5.41) is 11.7. The highest BCUT2D eigenvalue weighted by Gasteiger charge is 2.25. The number of para-hydroxylation sites is 1. The number of nitro groups is 1. The highest BCUT2D eigenvalue weighted by atomic mass is 16.6. The van der Waals surface area contributed by atoms with Crippen LogP contribution in [0.25, 0.3) is 0 Å². The summed E-state index contributed by atoms with van der Waals surface area (Å²) in [4.78, 5) is 25.8. The van der Waals surface area contributed by atoms with Gasteiger partial charge in [-0.2, -0.15) is 0 Å². The van der Waals surface area contributed by atoms with E-state index in [1.807, 2.05) is 4.90 Å². The average Bonchev–Trinajstić information content (AvgIpc) is 2.76. The molecule has 1 saturated heterocycles. The third kappa shape index (κ3) is 4.64. The second-order valence-corrected chi connectivity index (χ2v) is 7.38. The average molecular weight is 414 g/mol. The number of ether oxygens (including phenoxy) is 3. The summed E-state index contributed by atoms with van der Waals surface area (Å²) in [5.74, 6) is 0.845. The third-order valence-corrected chi connectivity index (χ3v) is 5.25. The highest BCUT2D eigenvalue weighted by molar-refractivity contribution is 5.91. The zero-order valence-electron chi connectivity index (χ0n) is 17.4. The molecule has 0 spiro atoms. The molecule has 0 saturated carbocycles. The SMILES string of the molecule is COc1cccc(COC(=O)c2ccc(N3CCC[C@@H](C)C3)c([N+](=O)[O-])c2)c1OC. The maximum atomic E-state index is 12.6. The van der Waals surface area contributed by atoms with E-state index < -0.39 is 10.9 Å². The van der Waals surface area contributed by atoms with Gasteiger partial charge < -0.3 is 19.1 Å². The number of anilines is 1. The molecule has 2 aromatic carbocycles. The number of methoxy groups -OCH3 is 2. The number of rotatable bonds is 7. The van der Waals surface area contributed by atoms with E-state index in [0.29, 0.717) is 28.7 Å². The van der Waals surface area contributed by atoms with Gasteiger partial charge in [0.1, 0.15) is 12.3 Å². The topological polar surface area (TPSA) is 91.1 Å². The Morgan fingerprint density at radius 3 is 2.70 bits per heavy atom. The summed E-state index contributed by atoms with van der Waals surface area (Å²) in [7, 11) is 3.03. The van der Waals surface area contributed by atoms with Crippen molar-refractivity contribution in [3.63, 3.8) is 0 Å². The number of piperidine rings is 1. The van der Waals surface area contributed by atoms with Crippen molar-refractivity contribution in [1.82, 2.24) is 0 Å². The maximum Gasteiger partial charge on any atom is 0.338 e. The molecule has 8 heteroatoms. The minimum absolute atomic E-state index is 0.0433. The Bertz CT molecular complexity index is 930. The Balaban J connectivity index is 1.78. The van der Waals surface area contributed by atoms with Crippen LogP contribution in [0.2, 0.25) is 0 Å². The van der Waals surface area contributed by atoms with Crippen LogP contribution in [-0.4, -0.2) is 38.2 Å². The summed E-state index contributed by atoms with van der Waals surface area (Å²) in [6.07, 6.45) is 2.10. The number of nitrogens with zero attached hydrogens (tertiary/aromatic N) is 2. The minimum atomic E-state index is -0.637. The Labute approximate surface area is 175 Å². The number of carbonyl (C=O) groups excluding carboxylic acids is 1. The van der Waals surface area contributed by atoms with E-state index in [4.69, 9.17) is 14.2 Å². The first-order chi connectivity index (χ1) is 14.4. The minimum Gasteiger partial charge on any atom is -0.493 e. The molecule has 1 atom stereocenters. The van der Waals surface area contributed by atoms with E-state index in [0.717, 1.165) is 25.9 Å². The van der Waals surface area contributed by atoms with Crippen LogP contribution in [0.4, 0.5) is 11.4 Å². The standard InChI is InChI=1S/C22H26N2O6/c1-15-6-5-11-23(13-15)18-10-9-16(12-19(18)24(26)27)22(25)30-14-17-7-4-8-20(28-2)21(17)29-3/h4,7-10,12,15H,5-6,11,13-14H2,1-3H3/t15-/m1/s1. The first kappa shape index (κ1) is 21.4. The Hall–Kier alpha value is -3.29. The van der Waals surface area contributed by atoms with Gasteiger partial charge in [-0.3, -0.25) is 10.1 Å². The van der Waals surface area contributed by atoms with Crippen LogP contribution in [0.5, 0.6) is 11.5 Å². The molecule has 0 N–H and O–H groups in total. The Morgan fingerprint density at radius 1 is 1.23 bits per heavy atom. The number of carbonyl (C=O) groups is 1. The van der Waals surface area contributed by atoms with Gasteiger partial charge in [0.2, 0.25) is 0 Å². The smallest absolute Gasteiger partial charge is 0.338 e. The van der Waals surface area contributed by atoms with Gasteiger partial charge >= 0.3 is 5.97 Å². The molecule has 0 bridgehead atoms. The molecule has 2 aromatic rings. The van der Waals surface area contributed by atoms with Crippen molar-refractivity contribution in [2.45, 2.75) is 26.4 Å². The molecule has 1 heterocycles. The lowest BCUT2D eigenvalue weighted by molar-refractivity contribution is -0.384. The molecule has 1 aliphatic heterocycles. The second kappa shape index (κ2) is 9.47. The van der Waals surface area contributed by atoms with Gasteiger partial charge in [0.05, 0.1) is 24.7 Å². The van der Waals surface area contributed by atoms with Crippen LogP contribution in [-0.2, 0) is 11.3 Å². The normalized spacial score (nSPS) is 16.1. The molecule has 8 nitrogen and oxygen atoms in total. The lowest BCUT2D eigenvalue weighted by Crippen LogP contribution is -2.34. The van der Waals surface area contributed by atoms with E-state index >= 15 is 0 Å². The third-order valence-electron chi connectivity index (χ3n) is 5.25. The van der Waals surface area contributed by atoms with E-state index in [1.165, 1.54) is 20.3 Å². The van der Waals surface area contributed by atoms with E-state index in [1.54, 1.807) is 30.3 Å². The molecule has 30 heavy (non-hydrogen) atoms. The summed E-state index contributed by atoms with van der Waals surface area (Å²) in [6.45, 7) is 3.62. The van der Waals surface area contributed by atoms with Crippen molar-refractivity contribution in [2.24, 2.45) is 5.92 Å². The monoisotopic (exact) mass is 414 g/mol. The van der Waals surface area contributed by atoms with E-state index in [2.05, 4.69) is 6.92 Å². The predicted molar refractivity (Wildman–Crippen MR) is 112 cm³/mol. The van der Waals surface area contributed by atoms with Crippen LogP contribution in [0.1, 0.15) is 35.7 Å². The molecule has 3 rings (SSSR count).